The Kier molecular flexibility index (Phi) is 6.61. The molecule has 20 heavy (non-hydrogen) atoms. The molecule has 1 amide bonds. The predicted octanol–water partition coefficient (Wildman–Crippen LogP) is 0.443. The zero-order valence-electron chi connectivity index (χ0n) is 10.9. The number of hydrogen-bond donors (Lipinski definition) is 3. The molecular weight excluding hydrogens is 280 g/mol. The molecule has 0 fully saturated rings. The van der Waals surface area contributed by atoms with Crippen molar-refractivity contribution in [1.82, 2.24) is 25.9 Å². The van der Waals surface area contributed by atoms with Crippen LogP contribution in [0.2, 0.25) is 0 Å². The highest BCUT2D eigenvalue weighted by atomic mass is 35.5. The summed E-state index contributed by atoms with van der Waals surface area (Å²) in [7, 11) is 0. The van der Waals surface area contributed by atoms with Gasteiger partial charge in [0, 0.05) is 25.1 Å². The van der Waals surface area contributed by atoms with E-state index in [9.17, 15) is 4.79 Å². The molecule has 0 radical (unpaired) electrons. The molecule has 4 N–H and O–H groups in total. The maximum absolute atomic E-state index is 11.9. The number of aryl methyl sites for hydroxylation is 1. The van der Waals surface area contributed by atoms with Gasteiger partial charge in [-0.2, -0.15) is 5.21 Å². The largest absolute Gasteiger partial charge is 0.352 e. The molecular formula is C12H17ClN6O. The fourth-order valence-electron chi connectivity index (χ4n) is 1.68. The van der Waals surface area contributed by atoms with Crippen LogP contribution in [0.4, 0.5) is 0 Å². The lowest BCUT2D eigenvalue weighted by Crippen LogP contribution is -2.25. The van der Waals surface area contributed by atoms with Crippen LogP contribution in [-0.4, -0.2) is 33.1 Å². The fraction of sp³-hybridized carbons (Fsp3) is 0.333. The van der Waals surface area contributed by atoms with Crippen LogP contribution in [0, 0.1) is 0 Å². The number of hydrogen-bond acceptors (Lipinski definition) is 5. The Labute approximate surface area is 122 Å². The Morgan fingerprint density at radius 2 is 2.25 bits per heavy atom. The number of nitrogens with zero attached hydrogens (tertiary/aromatic N) is 3. The number of carbonyl (C=O) groups excluding carboxylic acids is 1. The van der Waals surface area contributed by atoms with E-state index in [0.29, 0.717) is 30.9 Å². The Morgan fingerprint density at radius 1 is 1.40 bits per heavy atom. The van der Waals surface area contributed by atoms with Gasteiger partial charge < -0.3 is 11.1 Å². The van der Waals surface area contributed by atoms with Crippen molar-refractivity contribution in [2.45, 2.75) is 19.4 Å². The minimum absolute atomic E-state index is 0. The average Bonchev–Trinajstić information content (AvgIpc) is 2.96. The van der Waals surface area contributed by atoms with Crippen molar-refractivity contribution in [3.63, 3.8) is 0 Å². The van der Waals surface area contributed by atoms with Gasteiger partial charge in [-0.3, -0.25) is 4.79 Å². The molecule has 1 aromatic carbocycles. The van der Waals surface area contributed by atoms with E-state index in [1.54, 1.807) is 12.1 Å². The molecule has 2 aromatic rings. The van der Waals surface area contributed by atoms with Gasteiger partial charge >= 0.3 is 0 Å². The highest BCUT2D eigenvalue weighted by molar-refractivity contribution is 5.94. The number of benzene rings is 1. The number of aromatic amines is 1. The molecule has 0 unspecified atom stereocenters. The summed E-state index contributed by atoms with van der Waals surface area (Å²) in [5.41, 5.74) is 7.11. The zero-order chi connectivity index (χ0) is 13.5. The number of nitrogens with two attached hydrogens (primary N) is 1. The number of halogens is 1. The van der Waals surface area contributed by atoms with Crippen LogP contribution in [0.5, 0.6) is 0 Å². The highest BCUT2D eigenvalue weighted by Crippen LogP contribution is 2.04. The first-order valence-electron chi connectivity index (χ1n) is 6.09. The molecule has 2 rings (SSSR count). The molecule has 1 aromatic heterocycles. The van der Waals surface area contributed by atoms with Crippen LogP contribution in [0.15, 0.2) is 24.3 Å². The third-order valence-electron chi connectivity index (χ3n) is 2.68. The Hall–Kier alpha value is -1.99. The number of tetrazole rings is 1. The number of H-pyrrole nitrogens is 1. The average molecular weight is 297 g/mol. The van der Waals surface area contributed by atoms with Crippen LogP contribution in [0.1, 0.15) is 28.2 Å². The lowest BCUT2D eigenvalue weighted by Gasteiger charge is -2.05. The number of amides is 1. The van der Waals surface area contributed by atoms with E-state index in [-0.39, 0.29) is 18.3 Å². The molecule has 7 nitrogen and oxygen atoms in total. The fourth-order valence-corrected chi connectivity index (χ4v) is 1.68. The Morgan fingerprint density at radius 3 is 2.95 bits per heavy atom. The van der Waals surface area contributed by atoms with Gasteiger partial charge in [-0.1, -0.05) is 17.3 Å². The van der Waals surface area contributed by atoms with E-state index in [0.717, 1.165) is 12.0 Å². The smallest absolute Gasteiger partial charge is 0.251 e. The molecule has 8 heteroatoms. The Bertz CT molecular complexity index is 531. The normalized spacial score (nSPS) is 9.85. The van der Waals surface area contributed by atoms with E-state index >= 15 is 0 Å². The van der Waals surface area contributed by atoms with Gasteiger partial charge in [0.15, 0.2) is 5.82 Å². The number of rotatable bonds is 6. The first kappa shape index (κ1) is 16.1. The number of nitrogens with one attached hydrogen (secondary N) is 2. The highest BCUT2D eigenvalue weighted by Gasteiger charge is 2.05. The number of aromatic nitrogens is 4. The summed E-state index contributed by atoms with van der Waals surface area (Å²) in [6.07, 6.45) is 1.45. The topological polar surface area (TPSA) is 110 Å². The Balaban J connectivity index is 0.00000200. The summed E-state index contributed by atoms with van der Waals surface area (Å²) in [6.45, 7) is 0.999. The van der Waals surface area contributed by atoms with Crippen LogP contribution < -0.4 is 11.1 Å². The summed E-state index contributed by atoms with van der Waals surface area (Å²) < 4.78 is 0. The molecule has 0 bridgehead atoms. The van der Waals surface area contributed by atoms with Crippen molar-refractivity contribution < 1.29 is 4.79 Å². The maximum Gasteiger partial charge on any atom is 0.251 e. The van der Waals surface area contributed by atoms with Crippen molar-refractivity contribution >= 4 is 18.3 Å². The second-order valence-electron chi connectivity index (χ2n) is 4.09. The second kappa shape index (κ2) is 8.23. The van der Waals surface area contributed by atoms with Crippen LogP contribution >= 0.6 is 12.4 Å². The van der Waals surface area contributed by atoms with Crippen molar-refractivity contribution in [3.8, 4) is 0 Å². The van der Waals surface area contributed by atoms with Crippen molar-refractivity contribution in [2.75, 3.05) is 6.54 Å². The molecule has 108 valence electrons. The van der Waals surface area contributed by atoms with Gasteiger partial charge in [-0.15, -0.1) is 22.6 Å². The van der Waals surface area contributed by atoms with Crippen molar-refractivity contribution in [3.05, 3.63) is 41.2 Å². The monoisotopic (exact) mass is 296 g/mol. The van der Waals surface area contributed by atoms with Gasteiger partial charge in [0.1, 0.15) is 0 Å². The molecule has 0 aliphatic heterocycles. The molecule has 0 saturated heterocycles. The van der Waals surface area contributed by atoms with E-state index in [2.05, 4.69) is 25.9 Å². The lowest BCUT2D eigenvalue weighted by atomic mass is 10.1. The summed E-state index contributed by atoms with van der Waals surface area (Å²) in [5.74, 6) is 0.558. The maximum atomic E-state index is 11.9. The van der Waals surface area contributed by atoms with Crippen molar-refractivity contribution in [1.29, 1.82) is 0 Å². The lowest BCUT2D eigenvalue weighted by molar-refractivity contribution is 0.0953. The van der Waals surface area contributed by atoms with E-state index < -0.39 is 0 Å². The molecule has 0 spiro atoms. The van der Waals surface area contributed by atoms with Crippen LogP contribution in [0.25, 0.3) is 0 Å². The minimum atomic E-state index is -0.0941. The molecule has 1 heterocycles. The summed E-state index contributed by atoms with van der Waals surface area (Å²) in [4.78, 5) is 11.9. The zero-order valence-corrected chi connectivity index (χ0v) is 11.7. The second-order valence-corrected chi connectivity index (χ2v) is 4.09. The van der Waals surface area contributed by atoms with E-state index in [4.69, 9.17) is 5.73 Å². The third kappa shape index (κ3) is 4.60. The van der Waals surface area contributed by atoms with Gasteiger partial charge in [0.25, 0.3) is 5.91 Å². The summed E-state index contributed by atoms with van der Waals surface area (Å²) >= 11 is 0. The predicted molar refractivity (Wildman–Crippen MR) is 76.4 cm³/mol. The van der Waals surface area contributed by atoms with Crippen LogP contribution in [-0.2, 0) is 13.0 Å². The first-order chi connectivity index (χ1) is 9.29. The van der Waals surface area contributed by atoms with Gasteiger partial charge in [-0.05, 0) is 24.1 Å². The third-order valence-corrected chi connectivity index (χ3v) is 2.68. The van der Waals surface area contributed by atoms with E-state index in [1.807, 2.05) is 12.1 Å². The summed E-state index contributed by atoms with van der Waals surface area (Å²) in [5, 5.41) is 16.4. The minimum Gasteiger partial charge on any atom is -0.352 e. The molecule has 0 atom stereocenters. The summed E-state index contributed by atoms with van der Waals surface area (Å²) in [6, 6.07) is 7.30. The standard InChI is InChI=1S/C12H16N6O.ClH/c13-8-9-3-1-4-10(7-9)12(19)14-6-2-5-11-15-17-18-16-11;/h1,3-4,7H,2,5-6,8,13H2,(H,14,19)(H,15,16,17,18);1H. The molecule has 0 aliphatic carbocycles. The quantitative estimate of drug-likeness (QED) is 0.670. The van der Waals surface area contributed by atoms with E-state index in [1.165, 1.54) is 0 Å². The van der Waals surface area contributed by atoms with Crippen molar-refractivity contribution in [2.24, 2.45) is 5.73 Å². The first-order valence-corrected chi connectivity index (χ1v) is 6.09. The van der Waals surface area contributed by atoms with Gasteiger partial charge in [0.05, 0.1) is 0 Å². The van der Waals surface area contributed by atoms with Crippen LogP contribution in [0.3, 0.4) is 0 Å². The van der Waals surface area contributed by atoms with Gasteiger partial charge in [0.2, 0.25) is 0 Å². The SMILES string of the molecule is Cl.NCc1cccc(C(=O)NCCCc2nn[nH]n2)c1. The molecule has 0 saturated carbocycles. The number of carbonyl (C=O) groups is 1. The van der Waals surface area contributed by atoms with Gasteiger partial charge in [-0.25, -0.2) is 0 Å². The molecule has 0 aliphatic rings.